The van der Waals surface area contributed by atoms with Crippen molar-refractivity contribution in [2.24, 2.45) is 0 Å². The van der Waals surface area contributed by atoms with Crippen LogP contribution in [0.4, 0.5) is 0 Å². The van der Waals surface area contributed by atoms with Crippen molar-refractivity contribution in [1.82, 2.24) is 0 Å². The molecule has 112 valence electrons. The second-order valence-electron chi connectivity index (χ2n) is 5.77. The molecule has 0 aliphatic heterocycles. The molecule has 20 heavy (non-hydrogen) atoms. The maximum absolute atomic E-state index is 5.55. The molecule has 0 aliphatic carbocycles. The van der Waals surface area contributed by atoms with Gasteiger partial charge in [-0.25, -0.2) is 0 Å². The molecule has 0 spiro atoms. The summed E-state index contributed by atoms with van der Waals surface area (Å²) in [5.74, 6) is 1.38. The van der Waals surface area contributed by atoms with E-state index in [0.29, 0.717) is 29.8 Å². The summed E-state index contributed by atoms with van der Waals surface area (Å²) in [4.78, 5) is 10.9. The van der Waals surface area contributed by atoms with Crippen LogP contribution < -0.4 is 4.89 Å². The lowest BCUT2D eigenvalue weighted by Gasteiger charge is -2.20. The molecule has 2 rings (SSSR count). The van der Waals surface area contributed by atoms with Crippen LogP contribution in [0.3, 0.4) is 0 Å². The third-order valence-corrected chi connectivity index (χ3v) is 3.41. The number of fused-ring (bicyclic) bond motifs is 1. The van der Waals surface area contributed by atoms with Gasteiger partial charge in [0.05, 0.1) is 6.61 Å². The summed E-state index contributed by atoms with van der Waals surface area (Å²) in [5, 5.41) is 0. The van der Waals surface area contributed by atoms with Gasteiger partial charge in [0.25, 0.3) is 5.58 Å². The molecule has 0 atom stereocenters. The SMILES string of the molecule is CCCCOOc1c(C(C)C)c(C(C)C)cc2ooc12. The van der Waals surface area contributed by atoms with E-state index in [1.54, 1.807) is 0 Å². The van der Waals surface area contributed by atoms with Crippen LogP contribution in [-0.2, 0) is 4.89 Å². The number of hydrogen-bond donors (Lipinski definition) is 0. The quantitative estimate of drug-likeness (QED) is 0.388. The third kappa shape index (κ3) is 2.85. The highest BCUT2D eigenvalue weighted by atomic mass is 17.2. The zero-order valence-corrected chi connectivity index (χ0v) is 13.0. The summed E-state index contributed by atoms with van der Waals surface area (Å²) in [6.45, 7) is 11.3. The summed E-state index contributed by atoms with van der Waals surface area (Å²) in [7, 11) is 0. The van der Waals surface area contributed by atoms with Crippen molar-refractivity contribution >= 4 is 11.2 Å². The first-order valence-electron chi connectivity index (χ1n) is 7.41. The largest absolute Gasteiger partial charge is 0.333 e. The fourth-order valence-electron chi connectivity index (χ4n) is 2.30. The standard InChI is InChI=1S/C16H24O4/c1-6-7-8-17-19-16-14(11(4)5)12(10(2)3)9-13-15(16)20-18-13/h9-11H,6-8H2,1-5H3. The van der Waals surface area contributed by atoms with Crippen molar-refractivity contribution in [2.75, 3.05) is 6.61 Å². The summed E-state index contributed by atoms with van der Waals surface area (Å²) >= 11 is 0. The Labute approximate surface area is 119 Å². The normalized spacial score (nSPS) is 11.9. The van der Waals surface area contributed by atoms with E-state index >= 15 is 0 Å². The molecule has 0 bridgehead atoms. The van der Waals surface area contributed by atoms with Crippen LogP contribution in [0.2, 0.25) is 0 Å². The van der Waals surface area contributed by atoms with E-state index in [2.05, 4.69) is 34.6 Å². The van der Waals surface area contributed by atoms with Gasteiger partial charge in [0.1, 0.15) is 0 Å². The zero-order chi connectivity index (χ0) is 14.7. The summed E-state index contributed by atoms with van der Waals surface area (Å²) in [6.07, 6.45) is 2.05. The Morgan fingerprint density at radius 1 is 1.10 bits per heavy atom. The molecule has 0 radical (unpaired) electrons. The second kappa shape index (κ2) is 6.35. The molecule has 4 heteroatoms. The molecular formula is C16H24O4. The Morgan fingerprint density at radius 3 is 2.35 bits per heavy atom. The Morgan fingerprint density at radius 2 is 1.85 bits per heavy atom. The molecule has 1 heterocycles. The number of benzene rings is 1. The van der Waals surface area contributed by atoms with Crippen LogP contribution >= 0.6 is 0 Å². The molecule has 4 nitrogen and oxygen atoms in total. The first-order valence-corrected chi connectivity index (χ1v) is 7.41. The molecule has 0 fully saturated rings. The highest BCUT2D eigenvalue weighted by Gasteiger charge is 2.25. The van der Waals surface area contributed by atoms with Gasteiger partial charge in [-0.15, -0.1) is 0 Å². The van der Waals surface area contributed by atoms with Gasteiger partial charge in [0, 0.05) is 5.56 Å². The van der Waals surface area contributed by atoms with Crippen molar-refractivity contribution in [3.05, 3.63) is 17.2 Å². The Bertz CT molecular complexity index is 548. The van der Waals surface area contributed by atoms with E-state index in [1.807, 2.05) is 6.07 Å². The van der Waals surface area contributed by atoms with E-state index in [9.17, 15) is 0 Å². The van der Waals surface area contributed by atoms with Crippen LogP contribution in [0.1, 0.15) is 70.4 Å². The van der Waals surface area contributed by atoms with Gasteiger partial charge in [0.2, 0.25) is 11.3 Å². The van der Waals surface area contributed by atoms with Crippen molar-refractivity contribution in [3.8, 4) is 5.75 Å². The summed E-state index contributed by atoms with van der Waals surface area (Å²) in [5.41, 5.74) is 3.73. The van der Waals surface area contributed by atoms with Crippen molar-refractivity contribution < 1.29 is 18.9 Å². The summed E-state index contributed by atoms with van der Waals surface area (Å²) < 4.78 is 10.1. The van der Waals surface area contributed by atoms with Crippen LogP contribution in [0, 0.1) is 0 Å². The smallest absolute Gasteiger partial charge is 0.271 e. The first kappa shape index (κ1) is 15.0. The molecule has 0 saturated heterocycles. The van der Waals surface area contributed by atoms with E-state index in [4.69, 9.17) is 18.9 Å². The Hall–Kier alpha value is -1.42. The highest BCUT2D eigenvalue weighted by molar-refractivity contribution is 5.81. The van der Waals surface area contributed by atoms with Crippen LogP contribution in [0.15, 0.2) is 15.2 Å². The molecule has 0 N–H and O–H groups in total. The number of hydrogen-bond acceptors (Lipinski definition) is 4. The zero-order valence-electron chi connectivity index (χ0n) is 13.0. The molecule has 0 unspecified atom stereocenters. The predicted octanol–water partition coefficient (Wildman–Crippen LogP) is 5.38. The average Bonchev–Trinajstić information content (AvgIpc) is 2.35. The Balaban J connectivity index is 2.36. The van der Waals surface area contributed by atoms with E-state index in [0.717, 1.165) is 24.0 Å². The van der Waals surface area contributed by atoms with Gasteiger partial charge in [-0.2, -0.15) is 4.89 Å². The van der Waals surface area contributed by atoms with Crippen LogP contribution in [0.25, 0.3) is 11.2 Å². The highest BCUT2D eigenvalue weighted by Crippen LogP contribution is 2.41. The second-order valence-corrected chi connectivity index (χ2v) is 5.77. The molecule has 1 aromatic carbocycles. The lowest BCUT2D eigenvalue weighted by molar-refractivity contribution is -0.208. The monoisotopic (exact) mass is 280 g/mol. The van der Waals surface area contributed by atoms with Gasteiger partial charge < -0.3 is 4.89 Å². The molecule has 0 saturated carbocycles. The summed E-state index contributed by atoms with van der Waals surface area (Å²) in [6, 6.07) is 2.04. The minimum absolute atomic E-state index is 0.326. The van der Waals surface area contributed by atoms with Gasteiger partial charge >= 0.3 is 0 Å². The van der Waals surface area contributed by atoms with Gasteiger partial charge in [-0.3, -0.25) is 9.15 Å². The van der Waals surface area contributed by atoms with E-state index < -0.39 is 0 Å². The first-order chi connectivity index (χ1) is 9.56. The molecule has 1 aromatic heterocycles. The molecule has 0 aliphatic rings. The van der Waals surface area contributed by atoms with Crippen LogP contribution in [0.5, 0.6) is 5.75 Å². The van der Waals surface area contributed by atoms with Crippen LogP contribution in [-0.4, -0.2) is 6.61 Å². The lowest BCUT2D eigenvalue weighted by Crippen LogP contribution is -2.07. The van der Waals surface area contributed by atoms with Gasteiger partial charge in [-0.1, -0.05) is 41.0 Å². The number of unbranched alkanes of at least 4 members (excludes halogenated alkanes) is 1. The maximum Gasteiger partial charge on any atom is 0.271 e. The predicted molar refractivity (Wildman–Crippen MR) is 78.1 cm³/mol. The van der Waals surface area contributed by atoms with Gasteiger partial charge in [0.15, 0.2) is 0 Å². The minimum atomic E-state index is 0.326. The maximum atomic E-state index is 5.55. The van der Waals surface area contributed by atoms with Crippen molar-refractivity contribution in [1.29, 1.82) is 0 Å². The molecule has 2 aromatic rings. The average molecular weight is 280 g/mol. The van der Waals surface area contributed by atoms with E-state index in [-0.39, 0.29) is 0 Å². The lowest BCUT2D eigenvalue weighted by atomic mass is 9.89. The van der Waals surface area contributed by atoms with Crippen molar-refractivity contribution in [3.63, 3.8) is 0 Å². The topological polar surface area (TPSA) is 44.7 Å². The Kier molecular flexibility index (Phi) is 4.76. The van der Waals surface area contributed by atoms with E-state index in [1.165, 1.54) is 5.56 Å². The molecular weight excluding hydrogens is 256 g/mol. The number of rotatable bonds is 7. The fourth-order valence-corrected chi connectivity index (χ4v) is 2.30. The fraction of sp³-hybridized carbons (Fsp3) is 0.625. The van der Waals surface area contributed by atoms with Crippen molar-refractivity contribution in [2.45, 2.75) is 59.3 Å². The minimum Gasteiger partial charge on any atom is -0.333 e. The van der Waals surface area contributed by atoms with Gasteiger partial charge in [-0.05, 0) is 29.9 Å². The third-order valence-electron chi connectivity index (χ3n) is 3.41. The molecule has 0 amide bonds.